The molecule has 1 aromatic rings. The molecule has 5 heteroatoms. The zero-order valence-corrected chi connectivity index (χ0v) is 11.0. The Morgan fingerprint density at radius 2 is 2.33 bits per heavy atom. The quantitative estimate of drug-likeness (QED) is 0.814. The molecule has 0 amide bonds. The largest absolute Gasteiger partial charge is 0.468 e. The molecular formula is C13H19NO4. The van der Waals surface area contributed by atoms with E-state index in [1.54, 1.807) is 0 Å². The van der Waals surface area contributed by atoms with Crippen LogP contribution < -0.4 is 0 Å². The zero-order chi connectivity index (χ0) is 13.3. The van der Waals surface area contributed by atoms with Crippen LogP contribution in [0.2, 0.25) is 0 Å². The van der Waals surface area contributed by atoms with Crippen molar-refractivity contribution in [1.29, 1.82) is 0 Å². The van der Waals surface area contributed by atoms with Crippen molar-refractivity contribution in [2.45, 2.75) is 39.0 Å². The molecule has 2 rings (SSSR count). The molecule has 18 heavy (non-hydrogen) atoms. The van der Waals surface area contributed by atoms with Gasteiger partial charge in [0.25, 0.3) is 0 Å². The lowest BCUT2D eigenvalue weighted by molar-refractivity contribution is -0.146. The van der Waals surface area contributed by atoms with Crippen molar-refractivity contribution in [3.63, 3.8) is 0 Å². The third-order valence-electron chi connectivity index (χ3n) is 3.37. The Labute approximate surface area is 106 Å². The van der Waals surface area contributed by atoms with E-state index < -0.39 is 6.10 Å². The van der Waals surface area contributed by atoms with Crippen LogP contribution in [0, 0.1) is 13.8 Å². The standard InChI is InChI=1S/C13H19NO4/c1-8-4-10(9(2)18-8)6-14-7-11(15)5-12(14)13(16)17-3/h4,11-12,15H,5-7H2,1-3H3/t11-,12+/m0/s1. The maximum absolute atomic E-state index is 11.7. The molecule has 5 nitrogen and oxygen atoms in total. The number of likely N-dealkylation sites (tertiary alicyclic amines) is 1. The van der Waals surface area contributed by atoms with Crippen LogP contribution >= 0.6 is 0 Å². The third kappa shape index (κ3) is 2.57. The summed E-state index contributed by atoms with van der Waals surface area (Å²) in [6.07, 6.45) is -0.0369. The van der Waals surface area contributed by atoms with Gasteiger partial charge in [-0.15, -0.1) is 0 Å². The summed E-state index contributed by atoms with van der Waals surface area (Å²) in [5, 5.41) is 9.69. The molecule has 0 radical (unpaired) electrons. The molecule has 0 aromatic carbocycles. The Kier molecular flexibility index (Phi) is 3.73. The van der Waals surface area contributed by atoms with Gasteiger partial charge in [0.05, 0.1) is 13.2 Å². The molecule has 1 fully saturated rings. The van der Waals surface area contributed by atoms with Gasteiger partial charge in [0.1, 0.15) is 17.6 Å². The van der Waals surface area contributed by atoms with Crippen LogP contribution in [0.5, 0.6) is 0 Å². The molecule has 1 aliphatic rings. The van der Waals surface area contributed by atoms with Crippen LogP contribution in [-0.2, 0) is 16.1 Å². The maximum Gasteiger partial charge on any atom is 0.323 e. The lowest BCUT2D eigenvalue weighted by atomic mass is 10.2. The lowest BCUT2D eigenvalue weighted by Crippen LogP contribution is -2.36. The molecule has 0 spiro atoms. The fraction of sp³-hybridized carbons (Fsp3) is 0.615. The molecule has 0 saturated carbocycles. The highest BCUT2D eigenvalue weighted by molar-refractivity contribution is 5.76. The minimum Gasteiger partial charge on any atom is -0.468 e. The second kappa shape index (κ2) is 5.12. The highest BCUT2D eigenvalue weighted by Gasteiger charge is 2.36. The van der Waals surface area contributed by atoms with Crippen molar-refractivity contribution in [2.75, 3.05) is 13.7 Å². The van der Waals surface area contributed by atoms with Crippen LogP contribution in [0.4, 0.5) is 0 Å². The maximum atomic E-state index is 11.7. The fourth-order valence-electron chi connectivity index (χ4n) is 2.49. The normalized spacial score (nSPS) is 24.4. The van der Waals surface area contributed by atoms with Crippen molar-refractivity contribution < 1.29 is 19.1 Å². The van der Waals surface area contributed by atoms with E-state index in [1.165, 1.54) is 7.11 Å². The number of ether oxygens (including phenoxy) is 1. The molecule has 2 atom stereocenters. The van der Waals surface area contributed by atoms with Gasteiger partial charge in [-0.2, -0.15) is 0 Å². The van der Waals surface area contributed by atoms with Gasteiger partial charge in [-0.1, -0.05) is 0 Å². The molecule has 1 aromatic heterocycles. The number of nitrogens with zero attached hydrogens (tertiary/aromatic N) is 1. The summed E-state index contributed by atoms with van der Waals surface area (Å²) in [6, 6.07) is 1.61. The summed E-state index contributed by atoms with van der Waals surface area (Å²) >= 11 is 0. The van der Waals surface area contributed by atoms with Crippen molar-refractivity contribution in [1.82, 2.24) is 4.90 Å². The predicted octanol–water partition coefficient (Wildman–Crippen LogP) is 1.00. The number of aliphatic hydroxyl groups is 1. The number of aryl methyl sites for hydroxylation is 2. The summed E-state index contributed by atoms with van der Waals surface area (Å²) in [7, 11) is 1.37. The number of methoxy groups -OCH3 is 1. The molecule has 1 aliphatic heterocycles. The lowest BCUT2D eigenvalue weighted by Gasteiger charge is -2.21. The molecule has 0 unspecified atom stereocenters. The number of carbonyl (C=O) groups is 1. The summed E-state index contributed by atoms with van der Waals surface area (Å²) in [4.78, 5) is 13.6. The van der Waals surface area contributed by atoms with Gasteiger partial charge in [-0.3, -0.25) is 9.69 Å². The van der Waals surface area contributed by atoms with E-state index in [1.807, 2.05) is 24.8 Å². The summed E-state index contributed by atoms with van der Waals surface area (Å²) in [5.74, 6) is 1.43. The highest BCUT2D eigenvalue weighted by atomic mass is 16.5. The number of rotatable bonds is 3. The van der Waals surface area contributed by atoms with E-state index in [0.29, 0.717) is 19.5 Å². The van der Waals surface area contributed by atoms with Crippen LogP contribution in [0.3, 0.4) is 0 Å². The van der Waals surface area contributed by atoms with E-state index in [2.05, 4.69) is 0 Å². The topological polar surface area (TPSA) is 62.9 Å². The Balaban J connectivity index is 2.11. The second-order valence-electron chi connectivity index (χ2n) is 4.80. The molecule has 1 N–H and O–H groups in total. The van der Waals surface area contributed by atoms with Gasteiger partial charge in [0.2, 0.25) is 0 Å². The first-order valence-corrected chi connectivity index (χ1v) is 6.07. The van der Waals surface area contributed by atoms with Gasteiger partial charge in [0.15, 0.2) is 0 Å². The average molecular weight is 253 g/mol. The first-order chi connectivity index (χ1) is 8.51. The first kappa shape index (κ1) is 13.1. The zero-order valence-electron chi connectivity index (χ0n) is 11.0. The average Bonchev–Trinajstić information content (AvgIpc) is 2.82. The van der Waals surface area contributed by atoms with Gasteiger partial charge >= 0.3 is 5.97 Å². The monoisotopic (exact) mass is 253 g/mol. The first-order valence-electron chi connectivity index (χ1n) is 6.07. The Morgan fingerprint density at radius 1 is 1.61 bits per heavy atom. The SMILES string of the molecule is COC(=O)[C@H]1C[C@H](O)CN1Cc1cc(C)oc1C. The smallest absolute Gasteiger partial charge is 0.323 e. The van der Waals surface area contributed by atoms with Crippen LogP contribution in [-0.4, -0.2) is 41.8 Å². The number of hydrogen-bond donors (Lipinski definition) is 1. The number of furan rings is 1. The second-order valence-corrected chi connectivity index (χ2v) is 4.80. The van der Waals surface area contributed by atoms with E-state index in [-0.39, 0.29) is 12.0 Å². The molecule has 2 heterocycles. The van der Waals surface area contributed by atoms with E-state index in [0.717, 1.165) is 17.1 Å². The molecule has 100 valence electrons. The van der Waals surface area contributed by atoms with Gasteiger partial charge in [0, 0.05) is 25.1 Å². The fourth-order valence-corrected chi connectivity index (χ4v) is 2.49. The summed E-state index contributed by atoms with van der Waals surface area (Å²) in [6.45, 7) is 4.89. The minimum absolute atomic E-state index is 0.288. The van der Waals surface area contributed by atoms with E-state index >= 15 is 0 Å². The summed E-state index contributed by atoms with van der Waals surface area (Å²) in [5.41, 5.74) is 1.05. The van der Waals surface area contributed by atoms with Crippen LogP contribution in [0.25, 0.3) is 0 Å². The van der Waals surface area contributed by atoms with Gasteiger partial charge in [-0.25, -0.2) is 0 Å². The van der Waals surface area contributed by atoms with Gasteiger partial charge < -0.3 is 14.3 Å². The number of β-amino-alcohol motifs (C(OH)–C–C–N with tert-alkyl or cyclic N) is 1. The third-order valence-corrected chi connectivity index (χ3v) is 3.37. The predicted molar refractivity (Wildman–Crippen MR) is 65.0 cm³/mol. The van der Waals surface area contributed by atoms with Crippen LogP contribution in [0.15, 0.2) is 10.5 Å². The van der Waals surface area contributed by atoms with Crippen molar-refractivity contribution in [3.05, 3.63) is 23.2 Å². The van der Waals surface area contributed by atoms with Crippen molar-refractivity contribution in [3.8, 4) is 0 Å². The summed E-state index contributed by atoms with van der Waals surface area (Å²) < 4.78 is 10.2. The highest BCUT2D eigenvalue weighted by Crippen LogP contribution is 2.24. The Morgan fingerprint density at radius 3 is 2.89 bits per heavy atom. The number of aliphatic hydroxyl groups excluding tert-OH is 1. The minimum atomic E-state index is -0.470. The number of esters is 1. The van der Waals surface area contributed by atoms with Gasteiger partial charge in [-0.05, 0) is 19.9 Å². The number of carbonyl (C=O) groups excluding carboxylic acids is 1. The Bertz CT molecular complexity index is 440. The molecule has 0 bridgehead atoms. The molecule has 1 saturated heterocycles. The number of hydrogen-bond acceptors (Lipinski definition) is 5. The van der Waals surface area contributed by atoms with Crippen molar-refractivity contribution in [2.24, 2.45) is 0 Å². The van der Waals surface area contributed by atoms with E-state index in [9.17, 15) is 9.90 Å². The Hall–Kier alpha value is -1.33. The molecular weight excluding hydrogens is 234 g/mol. The van der Waals surface area contributed by atoms with Crippen molar-refractivity contribution >= 4 is 5.97 Å². The molecule has 0 aliphatic carbocycles. The van der Waals surface area contributed by atoms with E-state index in [4.69, 9.17) is 9.15 Å². The van der Waals surface area contributed by atoms with Crippen LogP contribution in [0.1, 0.15) is 23.5 Å².